The summed E-state index contributed by atoms with van der Waals surface area (Å²) >= 11 is 0. The van der Waals surface area contributed by atoms with Crippen molar-refractivity contribution in [1.82, 2.24) is 10.2 Å². The van der Waals surface area contributed by atoms with Gasteiger partial charge < -0.3 is 14.7 Å². The van der Waals surface area contributed by atoms with E-state index in [2.05, 4.69) is 34.5 Å². The molecule has 0 amide bonds. The molecular weight excluding hydrogens is 323 g/mol. The third-order valence-electron chi connectivity index (χ3n) is 4.58. The van der Waals surface area contributed by atoms with Crippen LogP contribution >= 0.6 is 7.60 Å². The summed E-state index contributed by atoms with van der Waals surface area (Å²) in [7, 11) is -3.46. The molecule has 1 aromatic rings. The molecule has 1 aromatic carbocycles. The van der Waals surface area contributed by atoms with Gasteiger partial charge in [-0.05, 0) is 44.8 Å². The Labute approximate surface area is 145 Å². The lowest BCUT2D eigenvalue weighted by molar-refractivity contribution is 0.181. The Morgan fingerprint density at radius 1 is 1.33 bits per heavy atom. The summed E-state index contributed by atoms with van der Waals surface area (Å²) in [6.07, 6.45) is 2.92. The number of hydrogen-bond donors (Lipinski definition) is 2. The van der Waals surface area contributed by atoms with E-state index in [1.54, 1.807) is 0 Å². The molecular formula is C18H31N2O3P. The standard InChI is InChI=1S/C18H31N2O3P/c1-3-16(2)23-24(21,22)14-11-19-18-9-12-20(13-10-18)15-17-7-5-4-6-8-17/h4-8,16,18-19H,3,9-15H2,1-2H3,(H,21,22). The van der Waals surface area contributed by atoms with Gasteiger partial charge in [-0.3, -0.25) is 9.46 Å². The highest BCUT2D eigenvalue weighted by Crippen LogP contribution is 2.42. The van der Waals surface area contributed by atoms with Gasteiger partial charge in [-0.2, -0.15) is 0 Å². The molecule has 0 radical (unpaired) electrons. The molecule has 5 nitrogen and oxygen atoms in total. The Balaban J connectivity index is 1.64. The molecule has 0 saturated carbocycles. The van der Waals surface area contributed by atoms with Crippen LogP contribution in [0.4, 0.5) is 0 Å². The molecule has 136 valence electrons. The van der Waals surface area contributed by atoms with E-state index in [-0.39, 0.29) is 12.3 Å². The van der Waals surface area contributed by atoms with Crippen LogP contribution in [-0.4, -0.2) is 47.7 Å². The Morgan fingerprint density at radius 2 is 2.00 bits per heavy atom. The number of nitrogens with zero attached hydrogens (tertiary/aromatic N) is 1. The van der Waals surface area contributed by atoms with E-state index < -0.39 is 7.60 Å². The first-order valence-corrected chi connectivity index (χ1v) is 10.7. The highest BCUT2D eigenvalue weighted by Gasteiger charge is 2.23. The third-order valence-corrected chi connectivity index (χ3v) is 6.06. The quantitative estimate of drug-likeness (QED) is 0.667. The number of benzene rings is 1. The lowest BCUT2D eigenvalue weighted by Gasteiger charge is -2.32. The Hall–Kier alpha value is -0.710. The predicted molar refractivity (Wildman–Crippen MR) is 98.3 cm³/mol. The zero-order valence-electron chi connectivity index (χ0n) is 14.9. The van der Waals surface area contributed by atoms with Gasteiger partial charge >= 0.3 is 7.60 Å². The molecule has 24 heavy (non-hydrogen) atoms. The SMILES string of the molecule is CCC(C)OP(=O)(O)CCNC1CCN(Cc2ccccc2)CC1. The van der Waals surface area contributed by atoms with Crippen molar-refractivity contribution in [2.75, 3.05) is 25.8 Å². The lowest BCUT2D eigenvalue weighted by atomic mass is 10.0. The molecule has 6 heteroatoms. The first-order valence-electron chi connectivity index (χ1n) is 8.98. The van der Waals surface area contributed by atoms with Crippen LogP contribution in [0.1, 0.15) is 38.7 Å². The van der Waals surface area contributed by atoms with Gasteiger partial charge in [0.25, 0.3) is 0 Å². The minimum absolute atomic E-state index is 0.165. The van der Waals surface area contributed by atoms with Crippen molar-refractivity contribution in [2.24, 2.45) is 0 Å². The van der Waals surface area contributed by atoms with Gasteiger partial charge in [0.2, 0.25) is 0 Å². The van der Waals surface area contributed by atoms with Crippen molar-refractivity contribution in [1.29, 1.82) is 0 Å². The summed E-state index contributed by atoms with van der Waals surface area (Å²) in [4.78, 5) is 12.3. The van der Waals surface area contributed by atoms with Crippen molar-refractivity contribution in [3.05, 3.63) is 35.9 Å². The summed E-state index contributed by atoms with van der Waals surface area (Å²) < 4.78 is 17.2. The normalized spacial score (nSPS) is 20.6. The van der Waals surface area contributed by atoms with Crippen molar-refractivity contribution in [3.8, 4) is 0 Å². The molecule has 1 heterocycles. The van der Waals surface area contributed by atoms with E-state index >= 15 is 0 Å². The number of likely N-dealkylation sites (tertiary alicyclic amines) is 1. The minimum Gasteiger partial charge on any atom is -0.324 e. The second-order valence-electron chi connectivity index (χ2n) is 6.68. The molecule has 1 fully saturated rings. The van der Waals surface area contributed by atoms with Crippen molar-refractivity contribution < 1.29 is 14.0 Å². The fourth-order valence-corrected chi connectivity index (χ4v) is 4.18. The summed E-state index contributed by atoms with van der Waals surface area (Å²) in [5, 5.41) is 3.41. The summed E-state index contributed by atoms with van der Waals surface area (Å²) in [5.74, 6) is 0. The van der Waals surface area contributed by atoms with E-state index in [0.717, 1.165) is 38.9 Å². The highest BCUT2D eigenvalue weighted by molar-refractivity contribution is 7.52. The molecule has 0 aromatic heterocycles. The maximum absolute atomic E-state index is 12.0. The number of piperidine rings is 1. The highest BCUT2D eigenvalue weighted by atomic mass is 31.2. The Kier molecular flexibility index (Phi) is 7.92. The largest absolute Gasteiger partial charge is 0.329 e. The van der Waals surface area contributed by atoms with Crippen LogP contribution in [0.25, 0.3) is 0 Å². The maximum Gasteiger partial charge on any atom is 0.329 e. The molecule has 1 saturated heterocycles. The molecule has 2 N–H and O–H groups in total. The number of hydrogen-bond acceptors (Lipinski definition) is 4. The first kappa shape index (κ1) is 19.6. The van der Waals surface area contributed by atoms with Crippen LogP contribution in [0.5, 0.6) is 0 Å². The maximum atomic E-state index is 12.0. The van der Waals surface area contributed by atoms with E-state index in [1.807, 2.05) is 19.9 Å². The lowest BCUT2D eigenvalue weighted by Crippen LogP contribution is -2.42. The monoisotopic (exact) mass is 354 g/mol. The van der Waals surface area contributed by atoms with Gasteiger partial charge in [-0.1, -0.05) is 37.3 Å². The first-order chi connectivity index (χ1) is 11.5. The van der Waals surface area contributed by atoms with Crippen LogP contribution in [-0.2, 0) is 15.6 Å². The van der Waals surface area contributed by atoms with Gasteiger partial charge in [-0.15, -0.1) is 0 Å². The zero-order chi connectivity index (χ0) is 17.4. The average molecular weight is 354 g/mol. The second-order valence-corrected chi connectivity index (χ2v) is 8.61. The molecule has 0 bridgehead atoms. The van der Waals surface area contributed by atoms with Crippen molar-refractivity contribution in [3.63, 3.8) is 0 Å². The topological polar surface area (TPSA) is 61.8 Å². The van der Waals surface area contributed by atoms with E-state index in [4.69, 9.17) is 4.52 Å². The van der Waals surface area contributed by atoms with Gasteiger partial charge in [-0.25, -0.2) is 0 Å². The molecule has 1 aliphatic rings. The summed E-state index contributed by atoms with van der Waals surface area (Å²) in [6, 6.07) is 11.0. The van der Waals surface area contributed by atoms with Gasteiger partial charge in [0, 0.05) is 19.1 Å². The minimum atomic E-state index is -3.46. The van der Waals surface area contributed by atoms with Crippen LogP contribution in [0, 0.1) is 0 Å². The van der Waals surface area contributed by atoms with Crippen molar-refractivity contribution in [2.45, 2.75) is 51.8 Å². The summed E-state index contributed by atoms with van der Waals surface area (Å²) in [6.45, 7) is 7.44. The molecule has 0 spiro atoms. The second kappa shape index (κ2) is 9.69. The van der Waals surface area contributed by atoms with Crippen LogP contribution in [0.15, 0.2) is 30.3 Å². The zero-order valence-corrected chi connectivity index (χ0v) is 15.8. The van der Waals surface area contributed by atoms with Gasteiger partial charge in [0.05, 0.1) is 12.3 Å². The average Bonchev–Trinajstić information content (AvgIpc) is 2.57. The van der Waals surface area contributed by atoms with Crippen LogP contribution in [0.2, 0.25) is 0 Å². The molecule has 0 aliphatic carbocycles. The Bertz CT molecular complexity index is 518. The molecule has 1 aliphatic heterocycles. The smallest absolute Gasteiger partial charge is 0.324 e. The fourth-order valence-electron chi connectivity index (χ4n) is 2.96. The molecule has 2 unspecified atom stereocenters. The van der Waals surface area contributed by atoms with Gasteiger partial charge in [0.15, 0.2) is 0 Å². The van der Waals surface area contributed by atoms with Crippen LogP contribution in [0.3, 0.4) is 0 Å². The fraction of sp³-hybridized carbons (Fsp3) is 0.667. The van der Waals surface area contributed by atoms with Crippen LogP contribution < -0.4 is 5.32 Å². The summed E-state index contributed by atoms with van der Waals surface area (Å²) in [5.41, 5.74) is 1.35. The molecule has 2 atom stereocenters. The van der Waals surface area contributed by atoms with E-state index in [9.17, 15) is 9.46 Å². The van der Waals surface area contributed by atoms with Crippen molar-refractivity contribution >= 4 is 7.60 Å². The van der Waals surface area contributed by atoms with E-state index in [0.29, 0.717) is 12.6 Å². The third kappa shape index (κ3) is 7.04. The van der Waals surface area contributed by atoms with E-state index in [1.165, 1.54) is 5.56 Å². The number of nitrogens with one attached hydrogen (secondary N) is 1. The Morgan fingerprint density at radius 3 is 2.62 bits per heavy atom. The van der Waals surface area contributed by atoms with Gasteiger partial charge in [0.1, 0.15) is 0 Å². The number of rotatable bonds is 9. The predicted octanol–water partition coefficient (Wildman–Crippen LogP) is 3.24. The molecule has 2 rings (SSSR count).